The van der Waals surface area contributed by atoms with E-state index in [-0.39, 0.29) is 23.8 Å². The van der Waals surface area contributed by atoms with Gasteiger partial charge in [0.1, 0.15) is 11.6 Å². The number of carbonyl (C=O) groups is 1. The number of nitrogens with one attached hydrogen (secondary N) is 1. The number of aromatic nitrogens is 2. The number of ether oxygens (including phenoxy) is 2. The second kappa shape index (κ2) is 9.87. The Labute approximate surface area is 202 Å². The van der Waals surface area contributed by atoms with E-state index in [9.17, 15) is 9.18 Å². The Hall–Kier alpha value is -3.72. The first-order valence-corrected chi connectivity index (χ1v) is 11.8. The van der Waals surface area contributed by atoms with E-state index in [0.29, 0.717) is 36.7 Å². The Bertz CT molecular complexity index is 1220. The Kier molecular flexibility index (Phi) is 6.50. The highest BCUT2D eigenvalue weighted by molar-refractivity contribution is 5.87. The Morgan fingerprint density at radius 2 is 1.94 bits per heavy atom. The first-order chi connectivity index (χ1) is 17.0. The number of allylic oxidation sites excluding steroid dienone is 1. The molecule has 2 aliphatic heterocycles. The molecule has 2 aromatic carbocycles. The smallest absolute Gasteiger partial charge is 0.322 e. The van der Waals surface area contributed by atoms with Crippen LogP contribution in [0.5, 0.6) is 5.75 Å². The molecule has 0 radical (unpaired) electrons. The van der Waals surface area contributed by atoms with Gasteiger partial charge in [-0.25, -0.2) is 9.18 Å². The summed E-state index contributed by atoms with van der Waals surface area (Å²) in [6.45, 7) is 5.52. The zero-order chi connectivity index (χ0) is 24.4. The number of benzene rings is 2. The number of urea groups is 1. The molecule has 2 amide bonds. The van der Waals surface area contributed by atoms with Crippen molar-refractivity contribution in [1.29, 1.82) is 0 Å². The molecule has 1 N–H and O–H groups in total. The predicted octanol–water partition coefficient (Wildman–Crippen LogP) is 4.95. The lowest BCUT2D eigenvalue weighted by molar-refractivity contribution is 0.0877. The second-order valence-corrected chi connectivity index (χ2v) is 8.56. The third kappa shape index (κ3) is 4.77. The van der Waals surface area contributed by atoms with E-state index in [1.807, 2.05) is 38.1 Å². The SMILES string of the molecule is CCOc1ccc(C2NC(=O)N(CC3CCCO3)C(C)=C2c2nc(-c3ccc(F)cc3)no2)cc1. The standard InChI is InChI=1S/C26H27FN4O4/c1-3-33-20-12-8-17(9-13-20)23-22(16(2)31(26(32)28-23)15-21-5-4-14-34-21)25-29-24(30-35-25)18-6-10-19(27)11-7-18/h6-13,21,23H,3-5,14-15H2,1-2H3,(H,28,32). The van der Waals surface area contributed by atoms with Crippen molar-refractivity contribution in [1.82, 2.24) is 20.4 Å². The number of hydrogen-bond donors (Lipinski definition) is 1. The van der Waals surface area contributed by atoms with Crippen LogP contribution in [-0.4, -0.2) is 46.9 Å². The topological polar surface area (TPSA) is 89.7 Å². The molecule has 182 valence electrons. The number of amides is 2. The van der Waals surface area contributed by atoms with Crippen LogP contribution in [-0.2, 0) is 4.74 Å². The summed E-state index contributed by atoms with van der Waals surface area (Å²) in [6, 6.07) is 12.8. The molecular formula is C26H27FN4O4. The van der Waals surface area contributed by atoms with Gasteiger partial charge < -0.3 is 19.3 Å². The molecule has 5 rings (SSSR count). The summed E-state index contributed by atoms with van der Waals surface area (Å²) in [5.74, 6) is 1.04. The Morgan fingerprint density at radius 1 is 1.17 bits per heavy atom. The number of hydrogen-bond acceptors (Lipinski definition) is 6. The maximum Gasteiger partial charge on any atom is 0.322 e. The molecule has 9 heteroatoms. The van der Waals surface area contributed by atoms with Gasteiger partial charge in [-0.1, -0.05) is 17.3 Å². The fourth-order valence-electron chi connectivity index (χ4n) is 4.49. The largest absolute Gasteiger partial charge is 0.494 e. The Balaban J connectivity index is 1.54. The minimum atomic E-state index is -0.500. The van der Waals surface area contributed by atoms with Crippen LogP contribution in [0.3, 0.4) is 0 Å². The number of nitrogens with zero attached hydrogens (tertiary/aromatic N) is 3. The van der Waals surface area contributed by atoms with Crippen molar-refractivity contribution in [2.24, 2.45) is 0 Å². The lowest BCUT2D eigenvalue weighted by Crippen LogP contribution is -2.48. The summed E-state index contributed by atoms with van der Waals surface area (Å²) in [5.41, 5.74) is 2.91. The molecule has 8 nitrogen and oxygen atoms in total. The van der Waals surface area contributed by atoms with Crippen LogP contribution in [0.4, 0.5) is 9.18 Å². The predicted molar refractivity (Wildman–Crippen MR) is 127 cm³/mol. The Morgan fingerprint density at radius 3 is 2.63 bits per heavy atom. The van der Waals surface area contributed by atoms with Crippen LogP contribution in [0.1, 0.15) is 44.2 Å². The number of halogens is 1. The van der Waals surface area contributed by atoms with Crippen molar-refractivity contribution < 1.29 is 23.2 Å². The summed E-state index contributed by atoms with van der Waals surface area (Å²) < 4.78 is 30.4. The summed E-state index contributed by atoms with van der Waals surface area (Å²) in [7, 11) is 0. The molecule has 35 heavy (non-hydrogen) atoms. The van der Waals surface area contributed by atoms with Gasteiger partial charge in [0, 0.05) is 17.9 Å². The van der Waals surface area contributed by atoms with Crippen LogP contribution in [0.25, 0.3) is 17.0 Å². The van der Waals surface area contributed by atoms with Crippen molar-refractivity contribution in [2.75, 3.05) is 19.8 Å². The zero-order valence-electron chi connectivity index (χ0n) is 19.7. The van der Waals surface area contributed by atoms with E-state index < -0.39 is 6.04 Å². The van der Waals surface area contributed by atoms with Crippen LogP contribution in [0.15, 0.2) is 58.8 Å². The molecule has 1 saturated heterocycles. The van der Waals surface area contributed by atoms with Crippen LogP contribution < -0.4 is 10.1 Å². The van der Waals surface area contributed by atoms with Crippen molar-refractivity contribution in [3.63, 3.8) is 0 Å². The molecular weight excluding hydrogens is 451 g/mol. The third-order valence-corrected chi connectivity index (χ3v) is 6.29. The molecule has 0 bridgehead atoms. The molecule has 3 aromatic rings. The van der Waals surface area contributed by atoms with Gasteiger partial charge in [0.25, 0.3) is 5.89 Å². The zero-order valence-corrected chi connectivity index (χ0v) is 19.7. The average Bonchev–Trinajstić information content (AvgIpc) is 3.55. The number of rotatable bonds is 7. The van der Waals surface area contributed by atoms with Gasteiger partial charge in [-0.2, -0.15) is 4.98 Å². The van der Waals surface area contributed by atoms with E-state index >= 15 is 0 Å². The molecule has 2 aliphatic rings. The summed E-state index contributed by atoms with van der Waals surface area (Å²) in [5, 5.41) is 7.22. The first kappa shape index (κ1) is 23.0. The maximum atomic E-state index is 13.4. The van der Waals surface area contributed by atoms with Crippen LogP contribution in [0, 0.1) is 5.82 Å². The monoisotopic (exact) mass is 478 g/mol. The quantitative estimate of drug-likeness (QED) is 0.517. The van der Waals surface area contributed by atoms with Gasteiger partial charge in [-0.05, 0) is 68.7 Å². The highest BCUT2D eigenvalue weighted by Crippen LogP contribution is 2.38. The molecule has 0 spiro atoms. The lowest BCUT2D eigenvalue weighted by atomic mass is 9.94. The normalized spacial score (nSPS) is 20.3. The van der Waals surface area contributed by atoms with Gasteiger partial charge in [-0.3, -0.25) is 4.90 Å². The fraction of sp³-hybridized carbons (Fsp3) is 0.346. The molecule has 3 heterocycles. The number of carbonyl (C=O) groups excluding carboxylic acids is 1. The lowest BCUT2D eigenvalue weighted by Gasteiger charge is -2.36. The van der Waals surface area contributed by atoms with Gasteiger partial charge >= 0.3 is 6.03 Å². The van der Waals surface area contributed by atoms with E-state index in [0.717, 1.165) is 29.9 Å². The fourth-order valence-corrected chi connectivity index (χ4v) is 4.49. The van der Waals surface area contributed by atoms with Gasteiger partial charge in [0.05, 0.1) is 30.9 Å². The van der Waals surface area contributed by atoms with Crippen LogP contribution in [0.2, 0.25) is 0 Å². The second-order valence-electron chi connectivity index (χ2n) is 8.56. The highest BCUT2D eigenvalue weighted by atomic mass is 19.1. The summed E-state index contributed by atoms with van der Waals surface area (Å²) in [4.78, 5) is 19.5. The van der Waals surface area contributed by atoms with Crippen molar-refractivity contribution in [3.8, 4) is 17.1 Å². The molecule has 1 aromatic heterocycles. The molecule has 2 atom stereocenters. The van der Waals surface area contributed by atoms with E-state index in [1.165, 1.54) is 12.1 Å². The van der Waals surface area contributed by atoms with Crippen molar-refractivity contribution in [3.05, 3.63) is 71.5 Å². The highest BCUT2D eigenvalue weighted by Gasteiger charge is 2.37. The van der Waals surface area contributed by atoms with Crippen LogP contribution >= 0.6 is 0 Å². The molecule has 0 saturated carbocycles. The minimum Gasteiger partial charge on any atom is -0.494 e. The molecule has 0 aliphatic carbocycles. The minimum absolute atomic E-state index is 0.0172. The van der Waals surface area contributed by atoms with E-state index in [2.05, 4.69) is 15.5 Å². The van der Waals surface area contributed by atoms with Crippen molar-refractivity contribution in [2.45, 2.75) is 38.8 Å². The van der Waals surface area contributed by atoms with Gasteiger partial charge in [0.15, 0.2) is 0 Å². The third-order valence-electron chi connectivity index (χ3n) is 6.29. The van der Waals surface area contributed by atoms with E-state index in [4.69, 9.17) is 14.0 Å². The summed E-state index contributed by atoms with van der Waals surface area (Å²) >= 11 is 0. The first-order valence-electron chi connectivity index (χ1n) is 11.8. The van der Waals surface area contributed by atoms with Gasteiger partial charge in [0.2, 0.25) is 5.82 Å². The average molecular weight is 479 g/mol. The molecule has 1 fully saturated rings. The molecule has 2 unspecified atom stereocenters. The maximum absolute atomic E-state index is 13.4. The van der Waals surface area contributed by atoms with E-state index in [1.54, 1.807) is 17.0 Å². The van der Waals surface area contributed by atoms with Gasteiger partial charge in [-0.15, -0.1) is 0 Å². The van der Waals surface area contributed by atoms with Crippen molar-refractivity contribution >= 4 is 11.6 Å². The summed E-state index contributed by atoms with van der Waals surface area (Å²) in [6.07, 6.45) is 1.87.